The molecule has 0 bridgehead atoms. The zero-order valence-corrected chi connectivity index (χ0v) is 19.0. The molecule has 0 aliphatic carbocycles. The third-order valence-electron chi connectivity index (χ3n) is 5.33. The second-order valence-corrected chi connectivity index (χ2v) is 7.98. The minimum Gasteiger partial charge on any atom is -0.406 e. The van der Waals surface area contributed by atoms with Gasteiger partial charge in [0.2, 0.25) is 0 Å². The van der Waals surface area contributed by atoms with Crippen LogP contribution < -0.4 is 10.2 Å². The molecule has 1 atom stereocenters. The Morgan fingerprint density at radius 1 is 0.947 bits per heavy atom. The SMILES string of the molecule is OC(CN1CNN=N1)(c1ccc(F)cc1F)C(F)(F)c1ccc(C#Cc2ccc(OC(F)(F)F)cc2)cn1. The van der Waals surface area contributed by atoms with Crippen molar-refractivity contribution >= 4 is 0 Å². The summed E-state index contributed by atoms with van der Waals surface area (Å²) in [6.45, 7) is -1.07. The summed E-state index contributed by atoms with van der Waals surface area (Å²) < 4.78 is 100. The molecular weight excluding hydrogens is 523 g/mol. The highest BCUT2D eigenvalue weighted by Crippen LogP contribution is 2.46. The van der Waals surface area contributed by atoms with Crippen LogP contribution in [0.3, 0.4) is 0 Å². The Morgan fingerprint density at radius 2 is 1.63 bits per heavy atom. The smallest absolute Gasteiger partial charge is 0.406 e. The summed E-state index contributed by atoms with van der Waals surface area (Å²) in [6, 6.07) is 8.52. The van der Waals surface area contributed by atoms with Crippen molar-refractivity contribution < 1.29 is 40.6 Å². The molecule has 0 fully saturated rings. The van der Waals surface area contributed by atoms with Crippen LogP contribution in [0.15, 0.2) is 71.2 Å². The van der Waals surface area contributed by atoms with Crippen LogP contribution in [0.5, 0.6) is 5.75 Å². The average molecular weight is 539 g/mol. The molecule has 198 valence electrons. The van der Waals surface area contributed by atoms with Crippen molar-refractivity contribution in [3.63, 3.8) is 0 Å². The van der Waals surface area contributed by atoms with Crippen molar-refractivity contribution in [2.75, 3.05) is 13.2 Å². The third-order valence-corrected chi connectivity index (χ3v) is 5.33. The number of hydrogen-bond donors (Lipinski definition) is 2. The minimum absolute atomic E-state index is 0.146. The van der Waals surface area contributed by atoms with E-state index in [9.17, 15) is 27.1 Å². The molecule has 2 N–H and O–H groups in total. The van der Waals surface area contributed by atoms with Crippen molar-refractivity contribution in [2.45, 2.75) is 17.9 Å². The van der Waals surface area contributed by atoms with E-state index < -0.39 is 53.1 Å². The topological polar surface area (TPSA) is 82.3 Å². The molecule has 1 unspecified atom stereocenters. The Balaban J connectivity index is 1.60. The van der Waals surface area contributed by atoms with Crippen molar-refractivity contribution in [3.8, 4) is 17.6 Å². The zero-order valence-electron chi connectivity index (χ0n) is 19.0. The van der Waals surface area contributed by atoms with E-state index >= 15 is 8.78 Å². The molecular formula is C24H16F7N5O2. The van der Waals surface area contributed by atoms with Crippen LogP contribution in [-0.4, -0.2) is 34.7 Å². The van der Waals surface area contributed by atoms with Gasteiger partial charge in [-0.25, -0.2) is 8.78 Å². The fourth-order valence-corrected chi connectivity index (χ4v) is 3.52. The first-order valence-corrected chi connectivity index (χ1v) is 10.7. The summed E-state index contributed by atoms with van der Waals surface area (Å²) in [5.74, 6) is -1.80. The summed E-state index contributed by atoms with van der Waals surface area (Å²) in [5.41, 5.74) is -2.19. The van der Waals surface area contributed by atoms with E-state index in [1.54, 1.807) is 0 Å². The Morgan fingerprint density at radius 3 is 2.21 bits per heavy atom. The highest BCUT2D eigenvalue weighted by Gasteiger charge is 2.58. The lowest BCUT2D eigenvalue weighted by Crippen LogP contribution is -2.51. The number of halogens is 7. The minimum atomic E-state index is -4.84. The van der Waals surface area contributed by atoms with Crippen molar-refractivity contribution in [1.29, 1.82) is 0 Å². The Bertz CT molecular complexity index is 1390. The molecule has 14 heteroatoms. The van der Waals surface area contributed by atoms with Crippen LogP contribution in [0.1, 0.15) is 22.4 Å². The molecule has 1 aromatic heterocycles. The Labute approximate surface area is 210 Å². The number of nitrogens with one attached hydrogen (secondary N) is 1. The van der Waals surface area contributed by atoms with Crippen molar-refractivity contribution in [2.24, 2.45) is 10.4 Å². The largest absolute Gasteiger partial charge is 0.573 e. The monoisotopic (exact) mass is 539 g/mol. The second kappa shape index (κ2) is 10.2. The standard InChI is InChI=1S/C24H16F7N5O2/c25-17-6-9-19(20(26)11-17)22(37,13-36-14-33-34-35-36)23(27,28)21-10-5-16(12-32-21)2-1-15-3-7-18(8-4-15)38-24(29,30)31/h3-12,37H,13-14H2,(H,33,35). The normalized spacial score (nSPS) is 14.9. The first-order chi connectivity index (χ1) is 17.9. The molecule has 2 aromatic carbocycles. The molecule has 1 aliphatic heterocycles. The molecule has 0 radical (unpaired) electrons. The number of benzene rings is 2. The van der Waals surface area contributed by atoms with E-state index in [4.69, 9.17) is 0 Å². The van der Waals surface area contributed by atoms with Gasteiger partial charge in [0.15, 0.2) is 5.60 Å². The number of rotatable bonds is 6. The van der Waals surface area contributed by atoms with Crippen LogP contribution >= 0.6 is 0 Å². The first-order valence-electron chi connectivity index (χ1n) is 10.7. The lowest BCUT2D eigenvalue weighted by atomic mass is 9.84. The van der Waals surface area contributed by atoms with Gasteiger partial charge in [0.1, 0.15) is 29.7 Å². The van der Waals surface area contributed by atoms with Gasteiger partial charge in [-0.15, -0.1) is 13.2 Å². The number of β-amino-alcohol motifs (C(OH)–C–C–N with tert-alkyl or cyclic N) is 1. The van der Waals surface area contributed by atoms with Gasteiger partial charge >= 0.3 is 12.3 Å². The van der Waals surface area contributed by atoms with E-state index in [0.717, 1.165) is 35.5 Å². The molecule has 0 spiro atoms. The molecule has 0 saturated carbocycles. The van der Waals surface area contributed by atoms with Crippen molar-refractivity contribution in [3.05, 3.63) is 94.8 Å². The molecule has 4 rings (SSSR count). The number of pyridine rings is 1. The van der Waals surface area contributed by atoms with Gasteiger partial charge in [0, 0.05) is 29.0 Å². The fourth-order valence-electron chi connectivity index (χ4n) is 3.52. The maximum Gasteiger partial charge on any atom is 0.573 e. The van der Waals surface area contributed by atoms with Crippen LogP contribution in [0, 0.1) is 23.5 Å². The van der Waals surface area contributed by atoms with E-state index in [1.165, 1.54) is 18.2 Å². The summed E-state index contributed by atoms with van der Waals surface area (Å²) in [4.78, 5) is 3.69. The average Bonchev–Trinajstić information content (AvgIpc) is 3.35. The summed E-state index contributed by atoms with van der Waals surface area (Å²) in [6.07, 6.45) is -3.86. The van der Waals surface area contributed by atoms with Crippen LogP contribution in [0.4, 0.5) is 30.7 Å². The summed E-state index contributed by atoms with van der Waals surface area (Å²) in [5, 5.41) is 19.1. The van der Waals surface area contributed by atoms with E-state index in [1.807, 2.05) is 0 Å². The van der Waals surface area contributed by atoms with Gasteiger partial charge in [-0.1, -0.05) is 22.3 Å². The van der Waals surface area contributed by atoms with E-state index in [-0.39, 0.29) is 12.2 Å². The quantitative estimate of drug-likeness (QED) is 0.348. The molecule has 1 aliphatic rings. The van der Waals surface area contributed by atoms with E-state index in [0.29, 0.717) is 17.7 Å². The van der Waals surface area contributed by atoms with Crippen LogP contribution in [0.2, 0.25) is 0 Å². The molecule has 38 heavy (non-hydrogen) atoms. The number of ether oxygens (including phenoxy) is 1. The Kier molecular flexibility index (Phi) is 7.14. The number of aliphatic hydroxyl groups is 1. The van der Waals surface area contributed by atoms with Crippen molar-refractivity contribution in [1.82, 2.24) is 15.4 Å². The van der Waals surface area contributed by atoms with E-state index in [2.05, 4.69) is 37.4 Å². The molecule has 0 amide bonds. The highest BCUT2D eigenvalue weighted by atomic mass is 19.4. The van der Waals surface area contributed by atoms with Crippen LogP contribution in [0.25, 0.3) is 0 Å². The number of hydrogen-bond acceptors (Lipinski definition) is 7. The van der Waals surface area contributed by atoms with Gasteiger partial charge in [0.25, 0.3) is 0 Å². The molecule has 0 saturated heterocycles. The summed E-state index contributed by atoms with van der Waals surface area (Å²) >= 11 is 0. The second-order valence-electron chi connectivity index (χ2n) is 7.98. The maximum absolute atomic E-state index is 15.7. The molecule has 2 heterocycles. The zero-order chi connectivity index (χ0) is 27.6. The number of aromatic nitrogens is 1. The summed E-state index contributed by atoms with van der Waals surface area (Å²) in [7, 11) is 0. The predicted octanol–water partition coefficient (Wildman–Crippen LogP) is 4.78. The Hall–Kier alpha value is -4.38. The number of alkyl halides is 5. The van der Waals surface area contributed by atoms with Gasteiger partial charge in [-0.2, -0.15) is 8.78 Å². The van der Waals surface area contributed by atoms with Gasteiger partial charge < -0.3 is 9.84 Å². The highest BCUT2D eigenvalue weighted by molar-refractivity contribution is 5.44. The predicted molar refractivity (Wildman–Crippen MR) is 117 cm³/mol. The molecule has 7 nitrogen and oxygen atoms in total. The fraction of sp³-hybridized carbons (Fsp3) is 0.208. The lowest BCUT2D eigenvalue weighted by Gasteiger charge is -2.37. The van der Waals surface area contributed by atoms with Gasteiger partial charge in [0.05, 0.1) is 6.54 Å². The third kappa shape index (κ3) is 5.78. The van der Waals surface area contributed by atoms with Gasteiger partial charge in [-0.05, 0) is 48.5 Å². The lowest BCUT2D eigenvalue weighted by molar-refractivity contribution is -0.274. The number of nitrogens with zero attached hydrogens (tertiary/aromatic N) is 4. The van der Waals surface area contributed by atoms with Gasteiger partial charge in [-0.3, -0.25) is 15.4 Å². The molecule has 3 aromatic rings. The van der Waals surface area contributed by atoms with Crippen LogP contribution in [-0.2, 0) is 11.5 Å². The maximum atomic E-state index is 15.7. The first kappa shape index (κ1) is 26.7.